The van der Waals surface area contributed by atoms with Gasteiger partial charge in [-0.25, -0.2) is 0 Å². The van der Waals surface area contributed by atoms with Gasteiger partial charge in [0.05, 0.1) is 12.6 Å². The fourth-order valence-electron chi connectivity index (χ4n) is 2.63. The van der Waals surface area contributed by atoms with Gasteiger partial charge in [-0.1, -0.05) is 13.8 Å². The number of rotatable bonds is 6. The van der Waals surface area contributed by atoms with Gasteiger partial charge in [0, 0.05) is 25.1 Å². The van der Waals surface area contributed by atoms with Crippen molar-refractivity contribution in [3.63, 3.8) is 0 Å². The first-order valence-electron chi connectivity index (χ1n) is 7.21. The summed E-state index contributed by atoms with van der Waals surface area (Å²) in [6.45, 7) is 6.71. The molecule has 2 fully saturated rings. The van der Waals surface area contributed by atoms with Gasteiger partial charge in [0.2, 0.25) is 5.91 Å². The molecule has 2 unspecified atom stereocenters. The van der Waals surface area contributed by atoms with Crippen LogP contribution in [-0.4, -0.2) is 42.6 Å². The van der Waals surface area contributed by atoms with Crippen molar-refractivity contribution in [3.8, 4) is 0 Å². The number of hydrogen-bond acceptors (Lipinski definition) is 3. The molecule has 1 saturated carbocycles. The number of carbonyl (C=O) groups is 1. The average molecular weight is 254 g/mol. The third-order valence-corrected chi connectivity index (χ3v) is 3.79. The fourth-order valence-corrected chi connectivity index (χ4v) is 2.63. The largest absolute Gasteiger partial charge is 0.381 e. The summed E-state index contributed by atoms with van der Waals surface area (Å²) < 4.78 is 5.39. The third kappa shape index (κ3) is 3.69. The Bertz CT molecular complexity index is 284. The first-order valence-corrected chi connectivity index (χ1v) is 7.21. The summed E-state index contributed by atoms with van der Waals surface area (Å²) >= 11 is 0. The lowest BCUT2D eigenvalue weighted by atomic mass is 10.0. The van der Waals surface area contributed by atoms with Gasteiger partial charge in [-0.15, -0.1) is 0 Å². The van der Waals surface area contributed by atoms with E-state index in [1.54, 1.807) is 0 Å². The minimum atomic E-state index is -0.326. The minimum Gasteiger partial charge on any atom is -0.381 e. The average Bonchev–Trinajstić information content (AvgIpc) is 3.02. The van der Waals surface area contributed by atoms with Crippen LogP contribution in [0.25, 0.3) is 0 Å². The number of amides is 1. The summed E-state index contributed by atoms with van der Waals surface area (Å²) in [6.07, 6.45) is 4.15. The molecule has 2 aliphatic rings. The van der Waals surface area contributed by atoms with Gasteiger partial charge in [0.15, 0.2) is 0 Å². The molecule has 4 nitrogen and oxygen atoms in total. The Morgan fingerprint density at radius 3 is 2.61 bits per heavy atom. The maximum Gasteiger partial charge on any atom is 0.239 e. The highest BCUT2D eigenvalue weighted by Crippen LogP contribution is 2.29. The Morgan fingerprint density at radius 1 is 1.39 bits per heavy atom. The quantitative estimate of drug-likeness (QED) is 0.779. The molecule has 2 atom stereocenters. The molecule has 2 rings (SSSR count). The van der Waals surface area contributed by atoms with Gasteiger partial charge < -0.3 is 15.4 Å². The molecule has 0 spiro atoms. The predicted octanol–water partition coefficient (Wildman–Crippen LogP) is 1.39. The van der Waals surface area contributed by atoms with Crippen molar-refractivity contribution in [2.45, 2.75) is 51.6 Å². The summed E-state index contributed by atoms with van der Waals surface area (Å²) in [5, 5.41) is 0. The third-order valence-electron chi connectivity index (χ3n) is 3.79. The van der Waals surface area contributed by atoms with Gasteiger partial charge >= 0.3 is 0 Å². The summed E-state index contributed by atoms with van der Waals surface area (Å²) in [5.41, 5.74) is 6.04. The second-order valence-corrected chi connectivity index (χ2v) is 6.19. The van der Waals surface area contributed by atoms with Gasteiger partial charge in [0.25, 0.3) is 0 Å². The van der Waals surface area contributed by atoms with Crippen LogP contribution in [0.15, 0.2) is 0 Å². The van der Waals surface area contributed by atoms with Crippen LogP contribution < -0.4 is 5.73 Å². The summed E-state index contributed by atoms with van der Waals surface area (Å²) in [6, 6.07) is 0.129. The molecule has 104 valence electrons. The van der Waals surface area contributed by atoms with E-state index in [-0.39, 0.29) is 11.9 Å². The van der Waals surface area contributed by atoms with Gasteiger partial charge in [0.1, 0.15) is 0 Å². The fraction of sp³-hybridized carbons (Fsp3) is 0.929. The van der Waals surface area contributed by atoms with Crippen molar-refractivity contribution >= 4 is 5.91 Å². The van der Waals surface area contributed by atoms with E-state index in [2.05, 4.69) is 13.8 Å². The van der Waals surface area contributed by atoms with Gasteiger partial charge in [-0.3, -0.25) is 4.79 Å². The number of nitrogens with two attached hydrogens (primary N) is 1. The highest BCUT2D eigenvalue weighted by atomic mass is 16.5. The summed E-state index contributed by atoms with van der Waals surface area (Å²) in [5.74, 6) is 1.14. The Kier molecular flexibility index (Phi) is 4.62. The number of hydrogen-bond donors (Lipinski definition) is 1. The molecular formula is C14H26N2O2. The smallest absolute Gasteiger partial charge is 0.239 e. The normalized spacial score (nSPS) is 25.4. The maximum absolute atomic E-state index is 12.4. The van der Waals surface area contributed by atoms with E-state index in [0.717, 1.165) is 45.4 Å². The lowest BCUT2D eigenvalue weighted by Crippen LogP contribution is -2.47. The van der Waals surface area contributed by atoms with Crippen LogP contribution in [0.1, 0.15) is 39.5 Å². The molecule has 1 amide bonds. The number of carbonyl (C=O) groups excluding carboxylic acids is 1. The Labute approximate surface area is 110 Å². The first kappa shape index (κ1) is 13.8. The van der Waals surface area contributed by atoms with E-state index >= 15 is 0 Å². The van der Waals surface area contributed by atoms with Crippen LogP contribution in [0.4, 0.5) is 0 Å². The van der Waals surface area contributed by atoms with Crippen LogP contribution in [0, 0.1) is 11.8 Å². The maximum atomic E-state index is 12.4. The molecule has 0 aromatic carbocycles. The van der Waals surface area contributed by atoms with Crippen LogP contribution in [0.3, 0.4) is 0 Å². The van der Waals surface area contributed by atoms with Crippen molar-refractivity contribution < 1.29 is 9.53 Å². The molecule has 0 aromatic heterocycles. The Morgan fingerprint density at radius 2 is 2.11 bits per heavy atom. The number of ether oxygens (including phenoxy) is 1. The number of nitrogens with zero attached hydrogens (tertiary/aromatic N) is 1. The van der Waals surface area contributed by atoms with E-state index < -0.39 is 0 Å². The van der Waals surface area contributed by atoms with E-state index in [1.807, 2.05) is 4.90 Å². The lowest BCUT2D eigenvalue weighted by molar-refractivity contribution is -0.134. The lowest BCUT2D eigenvalue weighted by Gasteiger charge is -2.28. The van der Waals surface area contributed by atoms with Crippen LogP contribution in [0.2, 0.25) is 0 Å². The molecule has 1 heterocycles. The van der Waals surface area contributed by atoms with Crippen LogP contribution in [0.5, 0.6) is 0 Å². The molecule has 0 bridgehead atoms. The predicted molar refractivity (Wildman–Crippen MR) is 71.1 cm³/mol. The molecular weight excluding hydrogens is 228 g/mol. The Balaban J connectivity index is 1.89. The highest BCUT2D eigenvalue weighted by molar-refractivity contribution is 5.82. The zero-order valence-corrected chi connectivity index (χ0v) is 11.6. The highest BCUT2D eigenvalue weighted by Gasteiger charge is 2.36. The zero-order valence-electron chi connectivity index (χ0n) is 11.6. The molecule has 0 aromatic rings. The zero-order chi connectivity index (χ0) is 13.1. The standard InChI is InChI=1S/C14H26N2O2/c1-10(2)7-13(15)14(17)16(12-3-4-12)8-11-5-6-18-9-11/h10-13H,3-9,15H2,1-2H3. The molecule has 1 aliphatic carbocycles. The SMILES string of the molecule is CC(C)CC(N)C(=O)N(CC1CCOC1)C1CC1. The van der Waals surface area contributed by atoms with Crippen LogP contribution >= 0.6 is 0 Å². The van der Waals surface area contributed by atoms with E-state index in [1.165, 1.54) is 0 Å². The van der Waals surface area contributed by atoms with Crippen LogP contribution in [-0.2, 0) is 9.53 Å². The van der Waals surface area contributed by atoms with Crippen molar-refractivity contribution in [3.05, 3.63) is 0 Å². The second kappa shape index (κ2) is 6.02. The van der Waals surface area contributed by atoms with Crippen molar-refractivity contribution in [1.29, 1.82) is 0 Å². The first-order chi connectivity index (χ1) is 8.58. The molecule has 1 saturated heterocycles. The van der Waals surface area contributed by atoms with Crippen molar-refractivity contribution in [1.82, 2.24) is 4.90 Å². The molecule has 1 aliphatic heterocycles. The molecule has 18 heavy (non-hydrogen) atoms. The van der Waals surface area contributed by atoms with E-state index in [9.17, 15) is 4.79 Å². The van der Waals surface area contributed by atoms with E-state index in [0.29, 0.717) is 17.9 Å². The molecule has 0 radical (unpaired) electrons. The monoisotopic (exact) mass is 254 g/mol. The Hall–Kier alpha value is -0.610. The van der Waals surface area contributed by atoms with Gasteiger partial charge in [-0.05, 0) is 31.6 Å². The summed E-state index contributed by atoms with van der Waals surface area (Å²) in [7, 11) is 0. The van der Waals surface area contributed by atoms with Crippen molar-refractivity contribution in [2.75, 3.05) is 19.8 Å². The molecule has 2 N–H and O–H groups in total. The summed E-state index contributed by atoms with van der Waals surface area (Å²) in [4.78, 5) is 14.4. The van der Waals surface area contributed by atoms with Crippen molar-refractivity contribution in [2.24, 2.45) is 17.6 Å². The van der Waals surface area contributed by atoms with Gasteiger partial charge in [-0.2, -0.15) is 0 Å². The second-order valence-electron chi connectivity index (χ2n) is 6.19. The van der Waals surface area contributed by atoms with E-state index in [4.69, 9.17) is 10.5 Å². The minimum absolute atomic E-state index is 0.151. The topological polar surface area (TPSA) is 55.6 Å². The molecule has 4 heteroatoms.